The predicted molar refractivity (Wildman–Crippen MR) is 141 cm³/mol. The maximum atomic E-state index is 13.3. The van der Waals surface area contributed by atoms with Crippen LogP contribution < -0.4 is 0 Å². The van der Waals surface area contributed by atoms with Crippen molar-refractivity contribution in [3.05, 3.63) is 94.7 Å². The number of hydrogen-bond acceptors (Lipinski definition) is 6. The Morgan fingerprint density at radius 2 is 1.51 bits per heavy atom. The van der Waals surface area contributed by atoms with Gasteiger partial charge in [0, 0.05) is 18.0 Å². The van der Waals surface area contributed by atoms with Gasteiger partial charge in [0.1, 0.15) is 0 Å². The number of imide groups is 1. The van der Waals surface area contributed by atoms with E-state index < -0.39 is 10.0 Å². The molecule has 0 bridgehead atoms. The number of amides is 2. The molecule has 0 spiro atoms. The van der Waals surface area contributed by atoms with E-state index >= 15 is 0 Å². The fourth-order valence-corrected chi connectivity index (χ4v) is 6.03. The van der Waals surface area contributed by atoms with Gasteiger partial charge in [-0.2, -0.15) is 17.6 Å². The van der Waals surface area contributed by atoms with Gasteiger partial charge in [0.2, 0.25) is 0 Å². The zero-order chi connectivity index (χ0) is 26.5. The van der Waals surface area contributed by atoms with E-state index in [0.29, 0.717) is 23.1 Å². The Kier molecular flexibility index (Phi) is 6.21. The molecule has 2 heterocycles. The van der Waals surface area contributed by atoms with E-state index in [1.54, 1.807) is 60.8 Å². The number of aromatic nitrogens is 2. The zero-order valence-electron chi connectivity index (χ0n) is 21.2. The molecule has 5 rings (SSSR count). The second-order valence-electron chi connectivity index (χ2n) is 9.68. The summed E-state index contributed by atoms with van der Waals surface area (Å²) in [5, 5.41) is 4.97. The van der Waals surface area contributed by atoms with Crippen LogP contribution in [0.3, 0.4) is 0 Å². The molecule has 1 aliphatic heterocycles. The number of fused-ring (bicyclic) bond motifs is 2. The average molecular weight is 517 g/mol. The molecule has 3 aromatic carbocycles. The van der Waals surface area contributed by atoms with E-state index in [1.165, 1.54) is 4.90 Å². The van der Waals surface area contributed by atoms with E-state index in [2.05, 4.69) is 5.10 Å². The highest BCUT2D eigenvalue weighted by Crippen LogP contribution is 2.28. The molecule has 190 valence electrons. The zero-order valence-corrected chi connectivity index (χ0v) is 22.0. The fourth-order valence-electron chi connectivity index (χ4n) is 4.76. The third-order valence-corrected chi connectivity index (χ3v) is 8.72. The van der Waals surface area contributed by atoms with Crippen molar-refractivity contribution in [1.29, 1.82) is 0 Å². The molecule has 2 amide bonds. The van der Waals surface area contributed by atoms with Gasteiger partial charge in [0.15, 0.2) is 0 Å². The Morgan fingerprint density at radius 3 is 2.11 bits per heavy atom. The molecule has 0 N–H and O–H groups in total. The molecular formula is C28H28N4O4S. The van der Waals surface area contributed by atoms with E-state index in [9.17, 15) is 18.0 Å². The molecule has 0 saturated carbocycles. The highest BCUT2D eigenvalue weighted by Gasteiger charge is 2.36. The van der Waals surface area contributed by atoms with Crippen molar-refractivity contribution in [3.63, 3.8) is 0 Å². The van der Waals surface area contributed by atoms with E-state index in [-0.39, 0.29) is 29.3 Å². The van der Waals surface area contributed by atoms with Gasteiger partial charge in [-0.15, -0.1) is 0 Å². The number of aryl methyl sites for hydroxylation is 2. The van der Waals surface area contributed by atoms with Crippen LogP contribution in [0.15, 0.2) is 71.8 Å². The van der Waals surface area contributed by atoms with Gasteiger partial charge in [0.25, 0.3) is 21.8 Å². The van der Waals surface area contributed by atoms with Gasteiger partial charge >= 0.3 is 0 Å². The Hall–Kier alpha value is -3.82. The van der Waals surface area contributed by atoms with Crippen LogP contribution in [0.1, 0.15) is 37.4 Å². The van der Waals surface area contributed by atoms with Crippen LogP contribution in [0.25, 0.3) is 10.9 Å². The highest BCUT2D eigenvalue weighted by molar-refractivity contribution is 7.90. The van der Waals surface area contributed by atoms with Gasteiger partial charge in [0.05, 0.1) is 27.7 Å². The van der Waals surface area contributed by atoms with Crippen LogP contribution in [0.2, 0.25) is 0 Å². The summed E-state index contributed by atoms with van der Waals surface area (Å²) in [7, 11) is -0.00458. The summed E-state index contributed by atoms with van der Waals surface area (Å²) in [5.41, 5.74) is 4.26. The Labute approximate surface area is 216 Å². The molecule has 1 atom stereocenters. The first-order valence-electron chi connectivity index (χ1n) is 12.0. The van der Waals surface area contributed by atoms with E-state index in [4.69, 9.17) is 0 Å². The second-order valence-corrected chi connectivity index (χ2v) is 11.4. The standard InChI is InChI=1S/C28H28N4O4S/c1-18-9-12-22(13-10-18)37(35,36)32-26-14-11-20(19(2)25(26)16-29-32)15-21(30(3)4)17-31-27(33)23-7-5-6-8-24(23)28(31)34/h5-14,16,21H,15,17H2,1-4H3/t21-/m0/s1. The van der Waals surface area contributed by atoms with E-state index in [1.807, 2.05) is 38.9 Å². The molecule has 37 heavy (non-hydrogen) atoms. The lowest BCUT2D eigenvalue weighted by Crippen LogP contribution is -2.44. The molecule has 0 saturated heterocycles. The summed E-state index contributed by atoms with van der Waals surface area (Å²) in [5.74, 6) is -0.551. The SMILES string of the molecule is Cc1ccc(S(=O)(=O)n2ncc3c(C)c(C[C@@H](CN4C(=O)c5ccccc5C4=O)N(C)C)ccc32)cc1. The van der Waals surface area contributed by atoms with Crippen molar-refractivity contribution < 1.29 is 18.0 Å². The lowest BCUT2D eigenvalue weighted by atomic mass is 9.97. The average Bonchev–Trinajstić information content (AvgIpc) is 3.42. The van der Waals surface area contributed by atoms with Crippen molar-refractivity contribution in [2.45, 2.75) is 31.2 Å². The summed E-state index contributed by atoms with van der Waals surface area (Å²) in [6.45, 7) is 4.09. The molecule has 9 heteroatoms. The van der Waals surface area contributed by atoms with Crippen LogP contribution in [0.4, 0.5) is 0 Å². The predicted octanol–water partition coefficient (Wildman–Crippen LogP) is 3.66. The number of carbonyl (C=O) groups excluding carboxylic acids is 2. The minimum atomic E-state index is -3.84. The molecule has 0 radical (unpaired) electrons. The van der Waals surface area contributed by atoms with Gasteiger partial charge in [-0.3, -0.25) is 14.5 Å². The second kappa shape index (κ2) is 9.24. The van der Waals surface area contributed by atoms with Crippen molar-refractivity contribution in [3.8, 4) is 0 Å². The van der Waals surface area contributed by atoms with Gasteiger partial charge < -0.3 is 4.90 Å². The van der Waals surface area contributed by atoms with Gasteiger partial charge in [-0.1, -0.05) is 35.9 Å². The highest BCUT2D eigenvalue weighted by atomic mass is 32.2. The van der Waals surface area contributed by atoms with Crippen LogP contribution in [-0.2, 0) is 16.4 Å². The number of likely N-dealkylation sites (N-methyl/N-ethyl adjacent to an activating group) is 1. The molecular weight excluding hydrogens is 488 g/mol. The number of nitrogens with zero attached hydrogens (tertiary/aromatic N) is 4. The maximum Gasteiger partial charge on any atom is 0.283 e. The normalized spacial score (nSPS) is 14.6. The minimum Gasteiger partial charge on any atom is -0.304 e. The first-order valence-corrected chi connectivity index (χ1v) is 13.4. The maximum absolute atomic E-state index is 13.3. The number of carbonyl (C=O) groups is 2. The monoisotopic (exact) mass is 516 g/mol. The Morgan fingerprint density at radius 1 is 0.892 bits per heavy atom. The van der Waals surface area contributed by atoms with Gasteiger partial charge in [-0.25, -0.2) is 0 Å². The summed E-state index contributed by atoms with van der Waals surface area (Å²) >= 11 is 0. The van der Waals surface area contributed by atoms with Crippen LogP contribution in [-0.4, -0.2) is 65.9 Å². The Balaban J connectivity index is 1.44. The largest absolute Gasteiger partial charge is 0.304 e. The minimum absolute atomic E-state index is 0.135. The fraction of sp³-hybridized carbons (Fsp3) is 0.250. The summed E-state index contributed by atoms with van der Waals surface area (Å²) in [6.07, 6.45) is 2.15. The van der Waals surface area contributed by atoms with Crippen molar-refractivity contribution in [2.75, 3.05) is 20.6 Å². The molecule has 1 aliphatic rings. The van der Waals surface area contributed by atoms with Crippen LogP contribution in [0.5, 0.6) is 0 Å². The topological polar surface area (TPSA) is 92.6 Å². The lowest BCUT2D eigenvalue weighted by Gasteiger charge is -2.28. The Bertz CT molecular complexity index is 1600. The number of benzene rings is 3. The van der Waals surface area contributed by atoms with E-state index in [0.717, 1.165) is 26.2 Å². The molecule has 0 fully saturated rings. The molecule has 8 nitrogen and oxygen atoms in total. The van der Waals surface area contributed by atoms with Crippen molar-refractivity contribution >= 4 is 32.7 Å². The first kappa shape index (κ1) is 24.9. The first-order chi connectivity index (χ1) is 17.6. The number of rotatable bonds is 7. The van der Waals surface area contributed by atoms with Crippen molar-refractivity contribution in [2.24, 2.45) is 0 Å². The molecule has 4 aromatic rings. The summed E-state index contributed by atoms with van der Waals surface area (Å²) in [6, 6.07) is 17.1. The molecule has 0 unspecified atom stereocenters. The summed E-state index contributed by atoms with van der Waals surface area (Å²) < 4.78 is 27.6. The van der Waals surface area contributed by atoms with Crippen LogP contribution >= 0.6 is 0 Å². The third kappa shape index (κ3) is 4.24. The lowest BCUT2D eigenvalue weighted by molar-refractivity contribution is 0.0612. The third-order valence-electron chi connectivity index (χ3n) is 7.11. The van der Waals surface area contributed by atoms with Crippen LogP contribution in [0, 0.1) is 13.8 Å². The van der Waals surface area contributed by atoms with Gasteiger partial charge in [-0.05, 0) is 75.8 Å². The molecule has 0 aliphatic carbocycles. The summed E-state index contributed by atoms with van der Waals surface area (Å²) in [4.78, 5) is 29.3. The smallest absolute Gasteiger partial charge is 0.283 e. The quantitative estimate of drug-likeness (QED) is 0.348. The van der Waals surface area contributed by atoms with Crippen molar-refractivity contribution in [1.82, 2.24) is 19.0 Å². The number of hydrogen-bond donors (Lipinski definition) is 0. The molecule has 1 aromatic heterocycles.